The highest BCUT2D eigenvalue weighted by Gasteiger charge is 2.32. The molecule has 0 saturated carbocycles. The molecule has 1 N–H and O–H groups in total. The zero-order valence-electron chi connectivity index (χ0n) is 14.3. The third-order valence-electron chi connectivity index (χ3n) is 4.79. The maximum absolute atomic E-state index is 13.2. The van der Waals surface area contributed by atoms with Crippen molar-refractivity contribution in [3.05, 3.63) is 88.5 Å². The fraction of sp³-hybridized carbons (Fsp3) is 0.143. The van der Waals surface area contributed by atoms with Crippen LogP contribution in [0.5, 0.6) is 0 Å². The molecule has 27 heavy (non-hydrogen) atoms. The van der Waals surface area contributed by atoms with E-state index in [1.165, 1.54) is 12.1 Å². The monoisotopic (exact) mass is 382 g/mol. The number of carbonyl (C=O) groups is 2. The molecule has 0 radical (unpaired) electrons. The minimum atomic E-state index is -0.461. The highest BCUT2D eigenvalue weighted by Crippen LogP contribution is 2.33. The van der Waals surface area contributed by atoms with Crippen LogP contribution in [0.15, 0.2) is 60.7 Å². The molecule has 4 nitrogen and oxygen atoms in total. The molecule has 4 rings (SSSR count). The standard InChI is InChI=1S/C21H16ClFN2O2/c22-16-12-14(23)6-7-17(16)24-21(27)15-10-11-25-18(15)8-9-19(25)20(26)13-4-2-1-3-5-13/h1-9,12,15H,10-11H2,(H,24,27)/t15-/m0/s1. The summed E-state index contributed by atoms with van der Waals surface area (Å²) in [6.45, 7) is 0.589. The third kappa shape index (κ3) is 3.26. The van der Waals surface area contributed by atoms with Gasteiger partial charge in [-0.2, -0.15) is 0 Å². The summed E-state index contributed by atoms with van der Waals surface area (Å²) in [7, 11) is 0. The lowest BCUT2D eigenvalue weighted by atomic mass is 10.0. The molecule has 1 aromatic heterocycles. The van der Waals surface area contributed by atoms with Crippen LogP contribution >= 0.6 is 11.6 Å². The number of hydrogen-bond acceptors (Lipinski definition) is 2. The number of carbonyl (C=O) groups excluding carboxylic acids is 2. The Balaban J connectivity index is 1.57. The lowest BCUT2D eigenvalue weighted by molar-refractivity contribution is -0.117. The van der Waals surface area contributed by atoms with E-state index in [2.05, 4.69) is 5.32 Å². The molecule has 2 aromatic carbocycles. The van der Waals surface area contributed by atoms with E-state index < -0.39 is 5.82 Å². The first-order valence-electron chi connectivity index (χ1n) is 8.59. The third-order valence-corrected chi connectivity index (χ3v) is 5.10. The van der Waals surface area contributed by atoms with Crippen molar-refractivity contribution in [1.82, 2.24) is 4.57 Å². The van der Waals surface area contributed by atoms with Crippen molar-refractivity contribution in [2.24, 2.45) is 0 Å². The topological polar surface area (TPSA) is 51.1 Å². The van der Waals surface area contributed by atoms with Gasteiger partial charge in [-0.3, -0.25) is 9.59 Å². The van der Waals surface area contributed by atoms with Crippen molar-refractivity contribution in [3.8, 4) is 0 Å². The predicted molar refractivity (Wildman–Crippen MR) is 102 cm³/mol. The van der Waals surface area contributed by atoms with Gasteiger partial charge < -0.3 is 9.88 Å². The van der Waals surface area contributed by atoms with Gasteiger partial charge in [-0.25, -0.2) is 4.39 Å². The molecule has 1 aliphatic rings. The van der Waals surface area contributed by atoms with Crippen LogP contribution in [-0.4, -0.2) is 16.3 Å². The van der Waals surface area contributed by atoms with Gasteiger partial charge in [-0.05, 0) is 36.8 Å². The Bertz CT molecular complexity index is 1030. The lowest BCUT2D eigenvalue weighted by Crippen LogP contribution is -2.19. The molecule has 0 spiro atoms. The Morgan fingerprint density at radius 2 is 1.85 bits per heavy atom. The quantitative estimate of drug-likeness (QED) is 0.668. The molecule has 136 valence electrons. The Kier molecular flexibility index (Phi) is 4.54. The van der Waals surface area contributed by atoms with Crippen molar-refractivity contribution >= 4 is 29.0 Å². The highest BCUT2D eigenvalue weighted by atomic mass is 35.5. The smallest absolute Gasteiger partial charge is 0.233 e. The van der Waals surface area contributed by atoms with Crippen LogP contribution in [0.2, 0.25) is 5.02 Å². The fourth-order valence-corrected chi connectivity index (χ4v) is 3.67. The number of nitrogens with zero attached hydrogens (tertiary/aromatic N) is 1. The van der Waals surface area contributed by atoms with Crippen molar-refractivity contribution < 1.29 is 14.0 Å². The van der Waals surface area contributed by atoms with Gasteiger partial charge in [0.25, 0.3) is 0 Å². The maximum atomic E-state index is 13.2. The zero-order chi connectivity index (χ0) is 19.0. The van der Waals surface area contributed by atoms with E-state index in [9.17, 15) is 14.0 Å². The first kappa shape index (κ1) is 17.5. The van der Waals surface area contributed by atoms with Crippen LogP contribution in [0.4, 0.5) is 10.1 Å². The van der Waals surface area contributed by atoms with Crippen LogP contribution in [0.25, 0.3) is 0 Å². The molecule has 0 unspecified atom stereocenters. The Labute approximate surface area is 160 Å². The number of ketones is 1. The van der Waals surface area contributed by atoms with E-state index in [-0.39, 0.29) is 22.6 Å². The van der Waals surface area contributed by atoms with Gasteiger partial charge in [-0.1, -0.05) is 41.9 Å². The summed E-state index contributed by atoms with van der Waals surface area (Å²) in [6.07, 6.45) is 0.593. The van der Waals surface area contributed by atoms with Gasteiger partial charge in [0, 0.05) is 17.8 Å². The molecule has 1 atom stereocenters. The Morgan fingerprint density at radius 1 is 1.07 bits per heavy atom. The average molecular weight is 383 g/mol. The van der Waals surface area contributed by atoms with Gasteiger partial charge >= 0.3 is 0 Å². The van der Waals surface area contributed by atoms with Crippen molar-refractivity contribution in [1.29, 1.82) is 0 Å². The number of fused-ring (bicyclic) bond motifs is 1. The van der Waals surface area contributed by atoms with Gasteiger partial charge in [0.05, 0.1) is 22.3 Å². The molecule has 1 aliphatic heterocycles. The zero-order valence-corrected chi connectivity index (χ0v) is 15.0. The molecule has 2 heterocycles. The molecular weight excluding hydrogens is 367 g/mol. The highest BCUT2D eigenvalue weighted by molar-refractivity contribution is 6.33. The van der Waals surface area contributed by atoms with E-state index >= 15 is 0 Å². The number of aromatic nitrogens is 1. The molecule has 0 fully saturated rings. The Hall–Kier alpha value is -2.92. The van der Waals surface area contributed by atoms with E-state index in [4.69, 9.17) is 11.6 Å². The second kappa shape index (κ2) is 7.00. The molecule has 0 saturated heterocycles. The maximum Gasteiger partial charge on any atom is 0.233 e. The largest absolute Gasteiger partial charge is 0.341 e. The van der Waals surface area contributed by atoms with Crippen LogP contribution in [0.1, 0.15) is 34.1 Å². The second-order valence-electron chi connectivity index (χ2n) is 6.44. The fourth-order valence-electron chi connectivity index (χ4n) is 3.46. The first-order valence-corrected chi connectivity index (χ1v) is 8.97. The predicted octanol–water partition coefficient (Wildman–Crippen LogP) is 4.64. The van der Waals surface area contributed by atoms with Crippen molar-refractivity contribution in [3.63, 3.8) is 0 Å². The first-order chi connectivity index (χ1) is 13.0. The van der Waals surface area contributed by atoms with Gasteiger partial charge in [0.15, 0.2) is 0 Å². The summed E-state index contributed by atoms with van der Waals surface area (Å²) in [5.74, 6) is -1.14. The number of benzene rings is 2. The summed E-state index contributed by atoms with van der Waals surface area (Å²) >= 11 is 5.99. The van der Waals surface area contributed by atoms with Crippen molar-refractivity contribution in [2.45, 2.75) is 18.9 Å². The summed E-state index contributed by atoms with van der Waals surface area (Å²) in [5.41, 5.74) is 2.36. The minimum Gasteiger partial charge on any atom is -0.341 e. The SMILES string of the molecule is O=C(c1ccccc1)c1ccc2n1CC[C@@H]2C(=O)Nc1ccc(F)cc1Cl. The summed E-state index contributed by atoms with van der Waals surface area (Å²) in [6, 6.07) is 16.5. The number of anilines is 1. The second-order valence-corrected chi connectivity index (χ2v) is 6.85. The molecule has 1 amide bonds. The molecule has 6 heteroatoms. The van der Waals surface area contributed by atoms with Gasteiger partial charge in [0.2, 0.25) is 11.7 Å². The number of halogens is 2. The van der Waals surface area contributed by atoms with E-state index in [0.717, 1.165) is 11.8 Å². The summed E-state index contributed by atoms with van der Waals surface area (Å²) < 4.78 is 15.1. The number of hydrogen-bond donors (Lipinski definition) is 1. The molecular formula is C21H16ClFN2O2. The van der Waals surface area contributed by atoms with Crippen molar-refractivity contribution in [2.75, 3.05) is 5.32 Å². The Morgan fingerprint density at radius 3 is 2.59 bits per heavy atom. The average Bonchev–Trinajstić information content (AvgIpc) is 3.26. The number of rotatable bonds is 4. The molecule has 3 aromatic rings. The van der Waals surface area contributed by atoms with E-state index in [0.29, 0.717) is 29.9 Å². The molecule has 0 bridgehead atoms. The lowest BCUT2D eigenvalue weighted by Gasteiger charge is -2.12. The normalized spacial score (nSPS) is 15.4. The number of nitrogens with one attached hydrogen (secondary N) is 1. The summed E-state index contributed by atoms with van der Waals surface area (Å²) in [5, 5.41) is 2.90. The summed E-state index contributed by atoms with van der Waals surface area (Å²) in [4.78, 5) is 25.4. The minimum absolute atomic E-state index is 0.0653. The van der Waals surface area contributed by atoms with Crippen LogP contribution in [0.3, 0.4) is 0 Å². The van der Waals surface area contributed by atoms with Crippen LogP contribution < -0.4 is 5.32 Å². The van der Waals surface area contributed by atoms with Gasteiger partial charge in [-0.15, -0.1) is 0 Å². The number of amides is 1. The van der Waals surface area contributed by atoms with Gasteiger partial charge in [0.1, 0.15) is 5.82 Å². The van der Waals surface area contributed by atoms with E-state index in [1.54, 1.807) is 18.2 Å². The van der Waals surface area contributed by atoms with E-state index in [1.807, 2.05) is 28.8 Å². The molecule has 0 aliphatic carbocycles. The van der Waals surface area contributed by atoms with Crippen LogP contribution in [-0.2, 0) is 11.3 Å². The van der Waals surface area contributed by atoms with Crippen LogP contribution in [0, 0.1) is 5.82 Å².